The summed E-state index contributed by atoms with van der Waals surface area (Å²) in [6.45, 7) is 6.28. The standard InChI is InChI=1S/C3H9ClSi.Al.ClH.2H/c1-5(2,3)4;;;;/h1-3H3;;1H;;/q;+1;;;/p-1. The van der Waals surface area contributed by atoms with Crippen LogP contribution in [0.1, 0.15) is 0 Å². The third kappa shape index (κ3) is 118. The first-order valence-corrected chi connectivity index (χ1v) is 9.60. The first-order chi connectivity index (χ1) is 3.00. The lowest BCUT2D eigenvalue weighted by atomic mass is 11.8. The minimum absolute atomic E-state index is 0.778. The molecule has 0 aromatic carbocycles. The second-order valence-electron chi connectivity index (χ2n) is 2.07. The summed E-state index contributed by atoms with van der Waals surface area (Å²) in [5.74, 6) is 0. The van der Waals surface area contributed by atoms with E-state index in [1.165, 1.54) is 0 Å². The lowest BCUT2D eigenvalue weighted by Gasteiger charge is -1.97. The van der Waals surface area contributed by atoms with Crippen molar-refractivity contribution in [2.24, 2.45) is 0 Å². The van der Waals surface area contributed by atoms with Gasteiger partial charge in [-0.1, -0.05) is 19.6 Å². The lowest BCUT2D eigenvalue weighted by Crippen LogP contribution is -2.06. The number of rotatable bonds is 0. The summed E-state index contributed by atoms with van der Waals surface area (Å²) in [5, 5.41) is 0. The van der Waals surface area contributed by atoms with Gasteiger partial charge in [0.1, 0.15) is 7.38 Å². The minimum atomic E-state index is -1.14. The van der Waals surface area contributed by atoms with Gasteiger partial charge in [-0.2, -0.15) is 11.1 Å². The van der Waals surface area contributed by atoms with Gasteiger partial charge in [-0.15, -0.1) is 0 Å². The second-order valence-corrected chi connectivity index (χ2v) is 9.60. The highest BCUT2D eigenvalue weighted by Gasteiger charge is 2.04. The summed E-state index contributed by atoms with van der Waals surface area (Å²) in [7, 11) is 3.64. The van der Waals surface area contributed by atoms with E-state index in [4.69, 9.17) is 21.1 Å². The number of hydrogen-bond donors (Lipinski definition) is 0. The van der Waals surface area contributed by atoms with Crippen molar-refractivity contribution in [3.05, 3.63) is 0 Å². The van der Waals surface area contributed by atoms with E-state index in [0.29, 0.717) is 0 Å². The van der Waals surface area contributed by atoms with E-state index in [2.05, 4.69) is 19.6 Å². The van der Waals surface area contributed by atoms with Crippen LogP contribution in [0.25, 0.3) is 0 Å². The van der Waals surface area contributed by atoms with Gasteiger partial charge in [-0.3, -0.25) is 10.0 Å². The van der Waals surface area contributed by atoms with Gasteiger partial charge in [0.05, 0.1) is 0 Å². The summed E-state index contributed by atoms with van der Waals surface area (Å²) in [6, 6.07) is 0. The molecule has 0 aromatic rings. The van der Waals surface area contributed by atoms with Gasteiger partial charge in [-0.25, -0.2) is 0 Å². The maximum atomic E-state index is 5.67. The Morgan fingerprint density at radius 3 is 1.14 bits per heavy atom. The molecule has 0 bridgehead atoms. The Labute approximate surface area is 63.5 Å². The third-order valence-electron chi connectivity index (χ3n) is 0. The van der Waals surface area contributed by atoms with Gasteiger partial charge < -0.3 is 0 Å². The Balaban J connectivity index is 0. The summed E-state index contributed by atoms with van der Waals surface area (Å²) in [6.07, 6.45) is 0. The van der Waals surface area contributed by atoms with Crippen LogP contribution < -0.4 is 0 Å². The summed E-state index contributed by atoms with van der Waals surface area (Å²) >= 11 is 6.45. The minimum Gasteiger partial charge on any atom is -0.273 e. The molecule has 0 radical (unpaired) electrons. The van der Waals surface area contributed by atoms with E-state index < -0.39 is 7.38 Å². The molecule has 0 heterocycles. The molecule has 0 unspecified atom stereocenters. The van der Waals surface area contributed by atoms with Crippen molar-refractivity contribution in [3.8, 4) is 0 Å². The van der Waals surface area contributed by atoms with Gasteiger partial charge in [0.15, 0.2) is 0 Å². The van der Waals surface area contributed by atoms with Crippen molar-refractivity contribution in [2.75, 3.05) is 0 Å². The lowest BCUT2D eigenvalue weighted by molar-refractivity contribution is 1.87. The van der Waals surface area contributed by atoms with Crippen LogP contribution in [-0.2, 0) is 0 Å². The Kier molecular flexibility index (Phi) is 8.72. The third-order valence-corrected chi connectivity index (χ3v) is 0. The summed E-state index contributed by atoms with van der Waals surface area (Å²) < 4.78 is 0. The molecule has 0 aromatic heterocycles. The van der Waals surface area contributed by atoms with Gasteiger partial charge in [0.25, 0.3) is 0 Å². The molecule has 0 nitrogen and oxygen atoms in total. The highest BCUT2D eigenvalue weighted by Crippen LogP contribution is 2.03. The van der Waals surface area contributed by atoms with Crippen molar-refractivity contribution < 1.29 is 0 Å². The molecule has 0 saturated heterocycles. The molecular formula is C3H11AlCl2Si. The molecule has 0 fully saturated rings. The molecular weight excluding hydrogens is 162 g/mol. The Morgan fingerprint density at radius 2 is 1.14 bits per heavy atom. The molecule has 7 heavy (non-hydrogen) atoms. The maximum Gasteiger partial charge on any atom is 0.353 e. The molecule has 0 N–H and O–H groups in total. The van der Waals surface area contributed by atoms with Crippen LogP contribution >= 0.6 is 21.1 Å². The van der Waals surface area contributed by atoms with Crippen molar-refractivity contribution in [3.63, 3.8) is 0 Å². The number of hydrogen-bond acceptors (Lipinski definition) is 0. The van der Waals surface area contributed by atoms with Crippen LogP contribution in [0, 0.1) is 0 Å². The molecule has 44 valence electrons. The van der Waals surface area contributed by atoms with E-state index >= 15 is 0 Å². The van der Waals surface area contributed by atoms with Crippen LogP contribution in [0.5, 0.6) is 0 Å². The van der Waals surface area contributed by atoms with Crippen molar-refractivity contribution >= 4 is 43.9 Å². The fourth-order valence-electron chi connectivity index (χ4n) is 0. The molecule has 0 aliphatic carbocycles. The normalized spacial score (nSPS) is 9.29. The van der Waals surface area contributed by atoms with Gasteiger partial charge in [0, 0.05) is 0 Å². The van der Waals surface area contributed by atoms with Crippen molar-refractivity contribution in [2.45, 2.75) is 19.6 Å². The molecule has 0 saturated carbocycles. The first kappa shape index (κ1) is 11.2. The summed E-state index contributed by atoms with van der Waals surface area (Å²) in [4.78, 5) is 0. The van der Waals surface area contributed by atoms with E-state index in [1.54, 1.807) is 0 Å². The number of halogens is 2. The zero-order chi connectivity index (χ0) is 6.50. The molecule has 4 heteroatoms. The highest BCUT2D eigenvalue weighted by molar-refractivity contribution is 7.18. The second kappa shape index (κ2) is 5.47. The molecule has 0 spiro atoms. The predicted molar refractivity (Wildman–Crippen MR) is 43.6 cm³/mol. The predicted octanol–water partition coefficient (Wildman–Crippen LogP) is 1.83. The van der Waals surface area contributed by atoms with Crippen LogP contribution in [-0.4, -0.2) is 22.8 Å². The highest BCUT2D eigenvalue weighted by atomic mass is 35.6. The quantitative estimate of drug-likeness (QED) is 0.387. The topological polar surface area (TPSA) is 0 Å². The summed E-state index contributed by atoms with van der Waals surface area (Å²) in [5.41, 5.74) is 0. The zero-order valence-electron chi connectivity index (χ0n) is 5.26. The van der Waals surface area contributed by atoms with Crippen LogP contribution in [0.2, 0.25) is 19.6 Å². The molecule has 0 rings (SSSR count). The fraction of sp³-hybridized carbons (Fsp3) is 1.00. The smallest absolute Gasteiger partial charge is 0.273 e. The van der Waals surface area contributed by atoms with Gasteiger partial charge in [0.2, 0.25) is 0 Å². The van der Waals surface area contributed by atoms with Crippen LogP contribution in [0.15, 0.2) is 0 Å². The Bertz CT molecular complexity index is 28.4. The average molecular weight is 173 g/mol. The van der Waals surface area contributed by atoms with Crippen molar-refractivity contribution in [1.29, 1.82) is 0 Å². The van der Waals surface area contributed by atoms with E-state index in [-0.39, 0.29) is 0 Å². The Hall–Kier alpha value is 1.33. The zero-order valence-corrected chi connectivity index (χ0v) is 9.77. The van der Waals surface area contributed by atoms with E-state index in [1.807, 2.05) is 0 Å². The largest absolute Gasteiger partial charge is 0.353 e. The molecule has 0 aliphatic rings. The van der Waals surface area contributed by atoms with E-state index in [0.717, 1.165) is 15.4 Å². The fourth-order valence-corrected chi connectivity index (χ4v) is 0. The first-order valence-electron chi connectivity index (χ1n) is 2.07. The van der Waals surface area contributed by atoms with Gasteiger partial charge >= 0.3 is 15.4 Å². The SMILES string of the molecule is C[Si](C)(C)Cl.[AlH2][Cl]. The van der Waals surface area contributed by atoms with Crippen LogP contribution in [0.3, 0.4) is 0 Å². The van der Waals surface area contributed by atoms with Crippen LogP contribution in [0.4, 0.5) is 0 Å². The average Bonchev–Trinajstić information content (AvgIpc) is 1.36. The maximum absolute atomic E-state index is 5.67. The van der Waals surface area contributed by atoms with E-state index in [9.17, 15) is 0 Å². The monoisotopic (exact) mass is 172 g/mol. The van der Waals surface area contributed by atoms with Crippen molar-refractivity contribution in [1.82, 2.24) is 0 Å². The molecule has 0 amide bonds. The molecule has 0 atom stereocenters. The Morgan fingerprint density at radius 1 is 1.14 bits per heavy atom. The molecule has 0 aliphatic heterocycles. The van der Waals surface area contributed by atoms with Gasteiger partial charge in [-0.05, 0) is 0 Å².